The van der Waals surface area contributed by atoms with Crippen LogP contribution in [0.3, 0.4) is 0 Å². The second-order valence-corrected chi connectivity index (χ2v) is 4.67. The summed E-state index contributed by atoms with van der Waals surface area (Å²) in [5, 5.41) is 0. The van der Waals surface area contributed by atoms with E-state index in [1.807, 2.05) is 43.3 Å². The zero-order chi connectivity index (χ0) is 14.5. The second-order valence-electron chi connectivity index (χ2n) is 4.67. The molecule has 2 radical (unpaired) electrons. The fraction of sp³-hybridized carbons (Fsp3) is 0.312. The van der Waals surface area contributed by atoms with E-state index in [2.05, 4.69) is 6.42 Å². The maximum atomic E-state index is 12.2. The normalized spacial score (nSPS) is 18.1. The van der Waals surface area contributed by atoms with E-state index in [4.69, 9.17) is 5.73 Å². The quantitative estimate of drug-likeness (QED) is 0.848. The standard InChI is InChI=1S/C16H18N2O2/c1-2-3-4-9-14(19)18-11-10-12-7-5-6-8-13(12)15(18)16(17)20/h3-8,15H,2,9,11H2,1H3,(H2,17,20). The lowest BCUT2D eigenvalue weighted by molar-refractivity contribution is -0.138. The van der Waals surface area contributed by atoms with E-state index in [1.165, 1.54) is 4.90 Å². The Bertz CT molecular complexity index is 537. The van der Waals surface area contributed by atoms with Gasteiger partial charge in [-0.3, -0.25) is 9.59 Å². The molecule has 0 fully saturated rings. The number of amides is 2. The fourth-order valence-electron chi connectivity index (χ4n) is 2.33. The molecule has 1 heterocycles. The van der Waals surface area contributed by atoms with Crippen molar-refractivity contribution in [1.29, 1.82) is 0 Å². The van der Waals surface area contributed by atoms with Crippen LogP contribution >= 0.6 is 0 Å². The van der Waals surface area contributed by atoms with Crippen LogP contribution in [-0.4, -0.2) is 23.3 Å². The molecule has 1 aliphatic heterocycles. The molecule has 1 unspecified atom stereocenters. The highest BCUT2D eigenvalue weighted by molar-refractivity contribution is 5.89. The highest BCUT2D eigenvalue weighted by Gasteiger charge is 2.34. The predicted molar refractivity (Wildman–Crippen MR) is 76.5 cm³/mol. The average Bonchev–Trinajstić information content (AvgIpc) is 2.45. The van der Waals surface area contributed by atoms with Crippen LogP contribution in [0.5, 0.6) is 0 Å². The summed E-state index contributed by atoms with van der Waals surface area (Å²) in [7, 11) is 0. The number of benzene rings is 1. The van der Waals surface area contributed by atoms with E-state index >= 15 is 0 Å². The van der Waals surface area contributed by atoms with Gasteiger partial charge in [-0.15, -0.1) is 0 Å². The van der Waals surface area contributed by atoms with Crippen LogP contribution in [0.1, 0.15) is 36.9 Å². The molecule has 1 aromatic carbocycles. The SMILES string of the molecule is CCC=CCC(=O)N1C[C]c2ccccc2C1C(N)=O. The third kappa shape index (κ3) is 2.90. The summed E-state index contributed by atoms with van der Waals surface area (Å²) in [5.74, 6) is -0.618. The summed E-state index contributed by atoms with van der Waals surface area (Å²) in [6, 6.07) is 6.71. The predicted octanol–water partition coefficient (Wildman–Crippen LogP) is 1.84. The number of nitrogens with zero attached hydrogens (tertiary/aromatic N) is 1. The van der Waals surface area contributed by atoms with Crippen molar-refractivity contribution >= 4 is 11.8 Å². The Kier molecular flexibility index (Phi) is 4.56. The number of carbonyl (C=O) groups excluding carboxylic acids is 2. The van der Waals surface area contributed by atoms with Gasteiger partial charge in [0.15, 0.2) is 0 Å². The van der Waals surface area contributed by atoms with E-state index < -0.39 is 11.9 Å². The Hall–Kier alpha value is -2.10. The third-order valence-corrected chi connectivity index (χ3v) is 3.29. The maximum absolute atomic E-state index is 12.2. The molecule has 2 rings (SSSR count). The molecule has 0 aromatic heterocycles. The number of hydrogen-bond donors (Lipinski definition) is 1. The van der Waals surface area contributed by atoms with Gasteiger partial charge in [-0.2, -0.15) is 0 Å². The van der Waals surface area contributed by atoms with Crippen molar-refractivity contribution in [3.05, 3.63) is 54.0 Å². The molecule has 4 heteroatoms. The molecule has 0 aliphatic carbocycles. The lowest BCUT2D eigenvalue weighted by atomic mass is 9.92. The van der Waals surface area contributed by atoms with E-state index in [-0.39, 0.29) is 12.3 Å². The fourth-order valence-corrected chi connectivity index (χ4v) is 2.33. The van der Waals surface area contributed by atoms with Crippen molar-refractivity contribution < 1.29 is 9.59 Å². The van der Waals surface area contributed by atoms with Crippen LogP contribution in [0.4, 0.5) is 0 Å². The van der Waals surface area contributed by atoms with Crippen molar-refractivity contribution in [3.8, 4) is 0 Å². The average molecular weight is 270 g/mol. The van der Waals surface area contributed by atoms with Gasteiger partial charge in [-0.25, -0.2) is 0 Å². The molecule has 104 valence electrons. The molecule has 1 atom stereocenters. The van der Waals surface area contributed by atoms with E-state index in [0.717, 1.165) is 17.5 Å². The highest BCUT2D eigenvalue weighted by atomic mass is 16.2. The number of fused-ring (bicyclic) bond motifs is 1. The van der Waals surface area contributed by atoms with Crippen molar-refractivity contribution in [1.82, 2.24) is 4.90 Å². The minimum atomic E-state index is -0.699. The Morgan fingerprint density at radius 1 is 1.40 bits per heavy atom. The van der Waals surface area contributed by atoms with E-state index in [0.29, 0.717) is 6.54 Å². The number of carbonyl (C=O) groups is 2. The van der Waals surface area contributed by atoms with E-state index in [1.54, 1.807) is 0 Å². The summed E-state index contributed by atoms with van der Waals surface area (Å²) in [6.45, 7) is 2.30. The number of nitrogens with two attached hydrogens (primary N) is 1. The molecule has 0 saturated heterocycles. The van der Waals surface area contributed by atoms with Gasteiger partial charge in [0.1, 0.15) is 6.04 Å². The van der Waals surface area contributed by atoms with Gasteiger partial charge >= 0.3 is 0 Å². The molecule has 0 bridgehead atoms. The Morgan fingerprint density at radius 2 is 2.15 bits per heavy atom. The third-order valence-electron chi connectivity index (χ3n) is 3.29. The topological polar surface area (TPSA) is 63.4 Å². The van der Waals surface area contributed by atoms with Crippen molar-refractivity contribution in [2.24, 2.45) is 5.73 Å². The first-order valence-corrected chi connectivity index (χ1v) is 6.71. The lowest BCUT2D eigenvalue weighted by Crippen LogP contribution is -2.45. The second kappa shape index (κ2) is 6.37. The number of hydrogen-bond acceptors (Lipinski definition) is 2. The maximum Gasteiger partial charge on any atom is 0.244 e. The minimum Gasteiger partial charge on any atom is -0.368 e. The van der Waals surface area contributed by atoms with Crippen molar-refractivity contribution in [2.45, 2.75) is 25.8 Å². The molecule has 2 N–H and O–H groups in total. The van der Waals surface area contributed by atoms with Crippen LogP contribution in [0.15, 0.2) is 36.4 Å². The molecule has 4 nitrogen and oxygen atoms in total. The number of rotatable bonds is 4. The molecule has 2 amide bonds. The Labute approximate surface area is 119 Å². The molecule has 1 aliphatic rings. The zero-order valence-electron chi connectivity index (χ0n) is 11.5. The zero-order valence-corrected chi connectivity index (χ0v) is 11.5. The van der Waals surface area contributed by atoms with Crippen molar-refractivity contribution in [3.63, 3.8) is 0 Å². The van der Waals surface area contributed by atoms with Gasteiger partial charge in [0, 0.05) is 19.4 Å². The molecule has 1 aromatic rings. The van der Waals surface area contributed by atoms with Crippen LogP contribution in [0, 0.1) is 6.42 Å². The molecule has 0 saturated carbocycles. The Morgan fingerprint density at radius 3 is 2.85 bits per heavy atom. The van der Waals surface area contributed by atoms with Crippen LogP contribution in [0.2, 0.25) is 0 Å². The van der Waals surface area contributed by atoms with Crippen LogP contribution in [0.25, 0.3) is 0 Å². The first-order chi connectivity index (χ1) is 9.65. The van der Waals surface area contributed by atoms with Crippen LogP contribution < -0.4 is 5.73 Å². The smallest absolute Gasteiger partial charge is 0.244 e. The molecular weight excluding hydrogens is 252 g/mol. The summed E-state index contributed by atoms with van der Waals surface area (Å²) < 4.78 is 0. The van der Waals surface area contributed by atoms with Gasteiger partial charge in [-0.1, -0.05) is 43.3 Å². The molecular formula is C16H18N2O2. The molecule has 20 heavy (non-hydrogen) atoms. The molecule has 0 spiro atoms. The highest BCUT2D eigenvalue weighted by Crippen LogP contribution is 2.30. The Balaban J connectivity index is 2.24. The number of primary amides is 1. The first-order valence-electron chi connectivity index (χ1n) is 6.71. The van der Waals surface area contributed by atoms with E-state index in [9.17, 15) is 9.59 Å². The van der Waals surface area contributed by atoms with Gasteiger partial charge in [0.2, 0.25) is 11.8 Å². The number of allylic oxidation sites excluding steroid dienone is 1. The first kappa shape index (κ1) is 14.3. The summed E-state index contributed by atoms with van der Waals surface area (Å²) in [6.07, 6.45) is 8.06. The van der Waals surface area contributed by atoms with Gasteiger partial charge in [0.25, 0.3) is 0 Å². The van der Waals surface area contributed by atoms with Gasteiger partial charge in [0.05, 0.1) is 0 Å². The van der Waals surface area contributed by atoms with Gasteiger partial charge < -0.3 is 10.6 Å². The lowest BCUT2D eigenvalue weighted by Gasteiger charge is -2.34. The largest absolute Gasteiger partial charge is 0.368 e. The van der Waals surface area contributed by atoms with Crippen molar-refractivity contribution in [2.75, 3.05) is 6.54 Å². The minimum absolute atomic E-state index is 0.111. The summed E-state index contributed by atoms with van der Waals surface area (Å²) >= 11 is 0. The van der Waals surface area contributed by atoms with Crippen LogP contribution in [-0.2, 0) is 9.59 Å². The summed E-state index contributed by atoms with van der Waals surface area (Å²) in [4.78, 5) is 25.5. The summed E-state index contributed by atoms with van der Waals surface area (Å²) in [5.41, 5.74) is 7.09. The van der Waals surface area contributed by atoms with Gasteiger partial charge in [-0.05, 0) is 17.5 Å². The monoisotopic (exact) mass is 270 g/mol.